The molecule has 0 rings (SSSR count). The number of halogens is 1. The van der Waals surface area contributed by atoms with Gasteiger partial charge in [0, 0.05) is 26.2 Å². The molecular formula is C16H37IN4O. The van der Waals surface area contributed by atoms with Gasteiger partial charge in [0.05, 0.1) is 13.2 Å². The van der Waals surface area contributed by atoms with Crippen LogP contribution in [0.3, 0.4) is 0 Å². The summed E-state index contributed by atoms with van der Waals surface area (Å²) in [4.78, 5) is 7.25. The maximum absolute atomic E-state index is 5.07. The lowest BCUT2D eigenvalue weighted by atomic mass is 10.0. The van der Waals surface area contributed by atoms with Crippen LogP contribution in [0.15, 0.2) is 4.99 Å². The van der Waals surface area contributed by atoms with Gasteiger partial charge in [-0.2, -0.15) is 0 Å². The highest BCUT2D eigenvalue weighted by Crippen LogP contribution is 2.12. The third kappa shape index (κ3) is 11.5. The third-order valence-electron chi connectivity index (χ3n) is 3.48. The van der Waals surface area contributed by atoms with E-state index in [1.54, 1.807) is 7.11 Å². The fraction of sp³-hybridized carbons (Fsp3) is 0.938. The second-order valence-electron chi connectivity index (χ2n) is 5.64. The number of guanidine groups is 1. The molecule has 22 heavy (non-hydrogen) atoms. The summed E-state index contributed by atoms with van der Waals surface area (Å²) in [5.74, 6) is 1.57. The number of likely N-dealkylation sites (N-methyl/N-ethyl adjacent to an activating group) is 1. The van der Waals surface area contributed by atoms with Crippen molar-refractivity contribution in [1.82, 2.24) is 15.5 Å². The Labute approximate surface area is 154 Å². The predicted octanol–water partition coefficient (Wildman–Crippen LogP) is 2.56. The van der Waals surface area contributed by atoms with Crippen LogP contribution >= 0.6 is 24.0 Å². The Morgan fingerprint density at radius 2 is 1.77 bits per heavy atom. The highest BCUT2D eigenvalue weighted by Gasteiger charge is 2.16. The lowest BCUT2D eigenvalue weighted by molar-refractivity contribution is 0.195. The highest BCUT2D eigenvalue weighted by molar-refractivity contribution is 14.0. The van der Waals surface area contributed by atoms with Gasteiger partial charge in [-0.3, -0.25) is 9.89 Å². The molecule has 0 amide bonds. The standard InChI is InChI=1S/C16H36N4O.HI/c1-7-17-16(18-10-11-21-6)19-13-15(12-14(4)5)20(8-2)9-3;/h14-15H,7-13H2,1-6H3,(H2,17,18,19);1H. The average Bonchev–Trinajstić information content (AvgIpc) is 2.45. The van der Waals surface area contributed by atoms with Gasteiger partial charge in [-0.15, -0.1) is 24.0 Å². The molecule has 0 aromatic carbocycles. The van der Waals surface area contributed by atoms with Gasteiger partial charge in [-0.1, -0.05) is 27.7 Å². The fourth-order valence-electron chi connectivity index (χ4n) is 2.43. The topological polar surface area (TPSA) is 48.9 Å². The Kier molecular flexibility index (Phi) is 17.4. The molecule has 0 bridgehead atoms. The van der Waals surface area contributed by atoms with E-state index in [1.807, 2.05) is 0 Å². The van der Waals surface area contributed by atoms with E-state index in [0.717, 1.165) is 38.7 Å². The van der Waals surface area contributed by atoms with Crippen LogP contribution in [0.2, 0.25) is 0 Å². The first-order valence-corrected chi connectivity index (χ1v) is 8.34. The number of hydrogen-bond donors (Lipinski definition) is 2. The highest BCUT2D eigenvalue weighted by atomic mass is 127. The minimum Gasteiger partial charge on any atom is -0.383 e. The number of aliphatic imine (C=N–C) groups is 1. The van der Waals surface area contributed by atoms with Crippen molar-refractivity contribution < 1.29 is 4.74 Å². The van der Waals surface area contributed by atoms with Crippen molar-refractivity contribution in [2.75, 3.05) is 46.4 Å². The van der Waals surface area contributed by atoms with Crippen LogP contribution in [0.5, 0.6) is 0 Å². The molecule has 1 unspecified atom stereocenters. The fourth-order valence-corrected chi connectivity index (χ4v) is 2.43. The van der Waals surface area contributed by atoms with Gasteiger partial charge < -0.3 is 15.4 Å². The van der Waals surface area contributed by atoms with Crippen molar-refractivity contribution >= 4 is 29.9 Å². The molecule has 2 N–H and O–H groups in total. The normalized spacial score (nSPS) is 13.2. The molecule has 0 aliphatic heterocycles. The molecule has 0 aromatic heterocycles. The van der Waals surface area contributed by atoms with E-state index >= 15 is 0 Å². The van der Waals surface area contributed by atoms with Gasteiger partial charge in [0.25, 0.3) is 0 Å². The van der Waals surface area contributed by atoms with E-state index in [4.69, 9.17) is 9.73 Å². The summed E-state index contributed by atoms with van der Waals surface area (Å²) in [5, 5.41) is 6.59. The van der Waals surface area contributed by atoms with E-state index in [-0.39, 0.29) is 24.0 Å². The minimum atomic E-state index is 0. The first-order chi connectivity index (χ1) is 10.1. The molecule has 0 heterocycles. The van der Waals surface area contributed by atoms with Gasteiger partial charge >= 0.3 is 0 Å². The SMILES string of the molecule is CCNC(=NCC(CC(C)C)N(CC)CC)NCCOC.I. The summed E-state index contributed by atoms with van der Waals surface area (Å²) < 4.78 is 5.07. The van der Waals surface area contributed by atoms with E-state index < -0.39 is 0 Å². The average molecular weight is 428 g/mol. The molecule has 0 aliphatic rings. The molecule has 5 nitrogen and oxygen atoms in total. The predicted molar refractivity (Wildman–Crippen MR) is 107 cm³/mol. The number of methoxy groups -OCH3 is 1. The van der Waals surface area contributed by atoms with Crippen LogP contribution < -0.4 is 10.6 Å². The molecule has 0 saturated heterocycles. The van der Waals surface area contributed by atoms with Crippen molar-refractivity contribution in [1.29, 1.82) is 0 Å². The summed E-state index contributed by atoms with van der Waals surface area (Å²) in [6.07, 6.45) is 1.18. The Balaban J connectivity index is 0. The van der Waals surface area contributed by atoms with Crippen LogP contribution in [0.25, 0.3) is 0 Å². The maximum Gasteiger partial charge on any atom is 0.191 e. The van der Waals surface area contributed by atoms with Gasteiger partial charge in [0.1, 0.15) is 0 Å². The smallest absolute Gasteiger partial charge is 0.191 e. The summed E-state index contributed by atoms with van der Waals surface area (Å²) in [7, 11) is 1.71. The van der Waals surface area contributed by atoms with Crippen molar-refractivity contribution in [3.63, 3.8) is 0 Å². The van der Waals surface area contributed by atoms with Crippen molar-refractivity contribution in [3.05, 3.63) is 0 Å². The number of nitrogens with zero attached hydrogens (tertiary/aromatic N) is 2. The zero-order chi connectivity index (χ0) is 16.1. The molecule has 0 saturated carbocycles. The first-order valence-electron chi connectivity index (χ1n) is 8.34. The Hall–Kier alpha value is -0.0800. The van der Waals surface area contributed by atoms with Crippen molar-refractivity contribution in [2.45, 2.75) is 47.1 Å². The van der Waals surface area contributed by atoms with Gasteiger partial charge in [-0.05, 0) is 32.4 Å². The number of rotatable bonds is 11. The maximum atomic E-state index is 5.07. The van der Waals surface area contributed by atoms with Crippen LogP contribution in [0, 0.1) is 5.92 Å². The Bertz CT molecular complexity index is 271. The summed E-state index contributed by atoms with van der Waals surface area (Å²) in [6.45, 7) is 16.4. The van der Waals surface area contributed by atoms with Crippen LogP contribution in [0.4, 0.5) is 0 Å². The molecule has 0 radical (unpaired) electrons. The van der Waals surface area contributed by atoms with Crippen LogP contribution in [0.1, 0.15) is 41.0 Å². The zero-order valence-corrected chi connectivity index (χ0v) is 17.6. The molecule has 0 aromatic rings. The van der Waals surface area contributed by atoms with Crippen molar-refractivity contribution in [3.8, 4) is 0 Å². The molecule has 0 aliphatic carbocycles. The molecule has 0 spiro atoms. The lowest BCUT2D eigenvalue weighted by Gasteiger charge is -2.30. The summed E-state index contributed by atoms with van der Waals surface area (Å²) in [5.41, 5.74) is 0. The third-order valence-corrected chi connectivity index (χ3v) is 3.48. The quantitative estimate of drug-likeness (QED) is 0.230. The van der Waals surface area contributed by atoms with E-state index in [9.17, 15) is 0 Å². The Morgan fingerprint density at radius 1 is 1.14 bits per heavy atom. The van der Waals surface area contributed by atoms with Gasteiger partial charge in [-0.25, -0.2) is 0 Å². The largest absolute Gasteiger partial charge is 0.383 e. The van der Waals surface area contributed by atoms with E-state index in [1.165, 1.54) is 6.42 Å². The van der Waals surface area contributed by atoms with Crippen LogP contribution in [-0.4, -0.2) is 63.3 Å². The van der Waals surface area contributed by atoms with E-state index in [2.05, 4.69) is 50.2 Å². The Morgan fingerprint density at radius 3 is 2.23 bits per heavy atom. The monoisotopic (exact) mass is 428 g/mol. The molecule has 0 fully saturated rings. The number of nitrogens with one attached hydrogen (secondary N) is 2. The first kappa shape index (κ1) is 24.2. The summed E-state index contributed by atoms with van der Waals surface area (Å²) in [6, 6.07) is 0.512. The zero-order valence-electron chi connectivity index (χ0n) is 15.3. The number of hydrogen-bond acceptors (Lipinski definition) is 3. The van der Waals surface area contributed by atoms with Gasteiger partial charge in [0.15, 0.2) is 5.96 Å². The summed E-state index contributed by atoms with van der Waals surface area (Å²) >= 11 is 0. The molecule has 1 atom stereocenters. The van der Waals surface area contributed by atoms with Gasteiger partial charge in [0.2, 0.25) is 0 Å². The van der Waals surface area contributed by atoms with E-state index in [0.29, 0.717) is 18.6 Å². The van der Waals surface area contributed by atoms with Crippen LogP contribution in [-0.2, 0) is 4.74 Å². The second-order valence-corrected chi connectivity index (χ2v) is 5.64. The lowest BCUT2D eigenvalue weighted by Crippen LogP contribution is -2.42. The molecule has 6 heteroatoms. The molecule has 134 valence electrons. The number of ether oxygens (including phenoxy) is 1. The second kappa shape index (κ2) is 15.8. The molecular weight excluding hydrogens is 391 g/mol. The minimum absolute atomic E-state index is 0. The van der Waals surface area contributed by atoms with Crippen molar-refractivity contribution in [2.24, 2.45) is 10.9 Å².